The number of carbonyl (C=O) groups excluding carboxylic acids is 1. The topological polar surface area (TPSA) is 50.4 Å². The molecule has 0 aliphatic carbocycles. The fourth-order valence-corrected chi connectivity index (χ4v) is 2.06. The number of hydrazine groups is 1. The van der Waals surface area contributed by atoms with Crippen molar-refractivity contribution in [2.75, 3.05) is 6.54 Å². The average molecular weight is 292 g/mol. The number of hydrogen-bond acceptors (Lipinski definition) is 3. The third-order valence-corrected chi connectivity index (χ3v) is 3.31. The molecular weight excluding hydrogens is 264 g/mol. The fourth-order valence-electron chi connectivity index (χ4n) is 2.06. The second kappa shape index (κ2) is 12.2. The van der Waals surface area contributed by atoms with Crippen LogP contribution in [0.1, 0.15) is 57.4 Å². The van der Waals surface area contributed by atoms with Crippen LogP contribution in [0.3, 0.4) is 0 Å². The lowest BCUT2D eigenvalue weighted by molar-refractivity contribution is 0.135. The van der Waals surface area contributed by atoms with E-state index in [9.17, 15) is 4.79 Å². The second-order valence-electron chi connectivity index (χ2n) is 5.23. The molecule has 0 aliphatic rings. The molecule has 0 unspecified atom stereocenters. The maximum Gasteiger partial charge on any atom is 0.421 e. The first-order chi connectivity index (χ1) is 10.3. The molecule has 21 heavy (non-hydrogen) atoms. The van der Waals surface area contributed by atoms with Crippen LogP contribution in [0, 0.1) is 0 Å². The van der Waals surface area contributed by atoms with Crippen LogP contribution in [0.2, 0.25) is 0 Å². The summed E-state index contributed by atoms with van der Waals surface area (Å²) in [5.41, 5.74) is 6.44. The van der Waals surface area contributed by atoms with Crippen molar-refractivity contribution < 1.29 is 9.53 Å². The lowest BCUT2D eigenvalue weighted by Gasteiger charge is -2.08. The monoisotopic (exact) mass is 292 g/mol. The first kappa shape index (κ1) is 17.5. The minimum Gasteiger partial charge on any atom is -0.444 e. The second-order valence-corrected chi connectivity index (χ2v) is 5.23. The number of amides is 1. The molecule has 1 amide bonds. The first-order valence-electron chi connectivity index (χ1n) is 8.02. The van der Waals surface area contributed by atoms with Crippen molar-refractivity contribution in [1.82, 2.24) is 10.9 Å². The molecule has 0 bridgehead atoms. The van der Waals surface area contributed by atoms with Gasteiger partial charge in [-0.2, -0.15) is 0 Å². The molecule has 0 spiro atoms. The van der Waals surface area contributed by atoms with E-state index in [0.717, 1.165) is 18.5 Å². The summed E-state index contributed by atoms with van der Waals surface area (Å²) >= 11 is 0. The molecule has 1 aromatic rings. The number of ether oxygens (including phenoxy) is 1. The standard InChI is InChI=1S/C17H28N2O2/c1-2-3-4-5-6-7-11-14-18-19-17(20)21-15-16-12-9-8-10-13-16/h8-10,12-13,18H,2-7,11,14-15H2,1H3,(H,19,20). The van der Waals surface area contributed by atoms with Crippen molar-refractivity contribution in [3.63, 3.8) is 0 Å². The summed E-state index contributed by atoms with van der Waals surface area (Å²) in [6, 6.07) is 9.65. The summed E-state index contributed by atoms with van der Waals surface area (Å²) in [6.07, 6.45) is 8.42. The van der Waals surface area contributed by atoms with Crippen LogP contribution in [-0.4, -0.2) is 12.6 Å². The lowest BCUT2D eigenvalue weighted by atomic mass is 10.1. The lowest BCUT2D eigenvalue weighted by Crippen LogP contribution is -2.38. The van der Waals surface area contributed by atoms with E-state index in [2.05, 4.69) is 17.8 Å². The van der Waals surface area contributed by atoms with Gasteiger partial charge in [0.1, 0.15) is 6.61 Å². The van der Waals surface area contributed by atoms with E-state index in [-0.39, 0.29) is 0 Å². The molecule has 0 fully saturated rings. The summed E-state index contributed by atoms with van der Waals surface area (Å²) in [5.74, 6) is 0. The highest BCUT2D eigenvalue weighted by Crippen LogP contribution is 2.06. The van der Waals surface area contributed by atoms with Crippen molar-refractivity contribution >= 4 is 6.09 Å². The fraction of sp³-hybridized carbons (Fsp3) is 0.588. The Morgan fingerprint density at radius 3 is 2.38 bits per heavy atom. The molecule has 0 atom stereocenters. The minimum atomic E-state index is -0.429. The normalized spacial score (nSPS) is 10.3. The molecule has 0 aromatic heterocycles. The van der Waals surface area contributed by atoms with Crippen LogP contribution in [0.25, 0.3) is 0 Å². The van der Waals surface area contributed by atoms with Crippen molar-refractivity contribution in [2.45, 2.75) is 58.5 Å². The van der Waals surface area contributed by atoms with Gasteiger partial charge in [-0.25, -0.2) is 10.2 Å². The molecule has 0 aliphatic heterocycles. The van der Waals surface area contributed by atoms with Crippen LogP contribution < -0.4 is 10.9 Å². The number of unbranched alkanes of at least 4 members (excludes halogenated alkanes) is 6. The van der Waals surface area contributed by atoms with Gasteiger partial charge in [-0.3, -0.25) is 5.43 Å². The Kier molecular flexibility index (Phi) is 10.2. The van der Waals surface area contributed by atoms with Gasteiger partial charge in [0.05, 0.1) is 0 Å². The Morgan fingerprint density at radius 2 is 1.67 bits per heavy atom. The summed E-state index contributed by atoms with van der Waals surface area (Å²) in [5, 5.41) is 0. The molecule has 2 N–H and O–H groups in total. The zero-order valence-electron chi connectivity index (χ0n) is 13.1. The van der Waals surface area contributed by atoms with Crippen LogP contribution in [0.5, 0.6) is 0 Å². The minimum absolute atomic E-state index is 0.297. The smallest absolute Gasteiger partial charge is 0.421 e. The molecule has 0 radical (unpaired) electrons. The number of benzene rings is 1. The van der Waals surface area contributed by atoms with Crippen LogP contribution in [0.4, 0.5) is 4.79 Å². The molecule has 4 nitrogen and oxygen atoms in total. The van der Waals surface area contributed by atoms with Crippen molar-refractivity contribution in [3.8, 4) is 0 Å². The van der Waals surface area contributed by atoms with E-state index >= 15 is 0 Å². The van der Waals surface area contributed by atoms with Gasteiger partial charge in [-0.15, -0.1) is 0 Å². The molecule has 1 rings (SSSR count). The summed E-state index contributed by atoms with van der Waals surface area (Å²) in [6.45, 7) is 3.31. The molecule has 118 valence electrons. The average Bonchev–Trinajstić information content (AvgIpc) is 2.52. The number of nitrogens with one attached hydrogen (secondary N) is 2. The molecule has 1 aromatic carbocycles. The van der Waals surface area contributed by atoms with Gasteiger partial charge < -0.3 is 4.74 Å². The molecule has 0 saturated heterocycles. The van der Waals surface area contributed by atoms with E-state index in [1.165, 1.54) is 38.5 Å². The van der Waals surface area contributed by atoms with Gasteiger partial charge >= 0.3 is 6.09 Å². The van der Waals surface area contributed by atoms with Gasteiger partial charge in [-0.1, -0.05) is 75.8 Å². The van der Waals surface area contributed by atoms with Gasteiger partial charge in [0, 0.05) is 6.54 Å². The summed E-state index contributed by atoms with van der Waals surface area (Å²) in [4.78, 5) is 11.4. The Morgan fingerprint density at radius 1 is 1.00 bits per heavy atom. The van der Waals surface area contributed by atoms with E-state index < -0.39 is 6.09 Å². The van der Waals surface area contributed by atoms with Crippen LogP contribution >= 0.6 is 0 Å². The van der Waals surface area contributed by atoms with Crippen LogP contribution in [0.15, 0.2) is 30.3 Å². The predicted molar refractivity (Wildman–Crippen MR) is 85.8 cm³/mol. The molecule has 0 saturated carbocycles. The Balaban J connectivity index is 1.89. The van der Waals surface area contributed by atoms with E-state index in [4.69, 9.17) is 4.74 Å². The number of carbonyl (C=O) groups is 1. The van der Waals surface area contributed by atoms with Crippen molar-refractivity contribution in [3.05, 3.63) is 35.9 Å². The quantitative estimate of drug-likeness (QED) is 0.475. The number of rotatable bonds is 11. The third kappa shape index (κ3) is 9.91. The van der Waals surface area contributed by atoms with Gasteiger partial charge in [-0.05, 0) is 12.0 Å². The first-order valence-corrected chi connectivity index (χ1v) is 8.02. The zero-order chi connectivity index (χ0) is 15.2. The van der Waals surface area contributed by atoms with Gasteiger partial charge in [0.25, 0.3) is 0 Å². The van der Waals surface area contributed by atoms with Crippen LogP contribution in [-0.2, 0) is 11.3 Å². The van der Waals surface area contributed by atoms with E-state index in [0.29, 0.717) is 6.61 Å². The molecule has 0 heterocycles. The Bertz CT molecular complexity index is 368. The van der Waals surface area contributed by atoms with Crippen molar-refractivity contribution in [1.29, 1.82) is 0 Å². The Labute approximate surface area is 128 Å². The maximum atomic E-state index is 11.4. The van der Waals surface area contributed by atoms with E-state index in [1.54, 1.807) is 0 Å². The van der Waals surface area contributed by atoms with Gasteiger partial charge in [0.15, 0.2) is 0 Å². The summed E-state index contributed by atoms with van der Waals surface area (Å²) in [7, 11) is 0. The SMILES string of the molecule is CCCCCCCCCNNC(=O)OCc1ccccc1. The molecular formula is C17H28N2O2. The summed E-state index contributed by atoms with van der Waals surface area (Å²) < 4.78 is 5.09. The zero-order valence-corrected chi connectivity index (χ0v) is 13.1. The highest BCUT2D eigenvalue weighted by atomic mass is 16.6. The Hall–Kier alpha value is -1.55. The van der Waals surface area contributed by atoms with E-state index in [1.807, 2.05) is 30.3 Å². The maximum absolute atomic E-state index is 11.4. The largest absolute Gasteiger partial charge is 0.444 e. The highest BCUT2D eigenvalue weighted by molar-refractivity contribution is 5.66. The number of hydrogen-bond donors (Lipinski definition) is 2. The highest BCUT2D eigenvalue weighted by Gasteiger charge is 2.00. The predicted octanol–water partition coefficient (Wildman–Crippen LogP) is 4.17. The third-order valence-electron chi connectivity index (χ3n) is 3.31. The van der Waals surface area contributed by atoms with Gasteiger partial charge in [0.2, 0.25) is 0 Å². The van der Waals surface area contributed by atoms with Crippen molar-refractivity contribution in [2.24, 2.45) is 0 Å². The molecule has 4 heteroatoms.